The largest absolute Gasteiger partial charge is 0.507 e. The molecule has 0 spiro atoms. The van der Waals surface area contributed by atoms with E-state index in [1.807, 2.05) is 0 Å². The molecule has 3 aromatic carbocycles. The summed E-state index contributed by atoms with van der Waals surface area (Å²) in [5, 5.41) is 13.5. The van der Waals surface area contributed by atoms with Crippen LogP contribution in [-0.2, 0) is 10.1 Å². The number of rotatable bonds is 6. The summed E-state index contributed by atoms with van der Waals surface area (Å²) in [6, 6.07) is 18.3. The van der Waals surface area contributed by atoms with Gasteiger partial charge in [-0.2, -0.15) is 13.5 Å². The first-order valence-corrected chi connectivity index (χ1v) is 10.5. The van der Waals surface area contributed by atoms with Gasteiger partial charge in [0.2, 0.25) is 0 Å². The van der Waals surface area contributed by atoms with Crippen molar-refractivity contribution in [3.8, 4) is 11.5 Å². The van der Waals surface area contributed by atoms with Gasteiger partial charge in [0.15, 0.2) is 0 Å². The summed E-state index contributed by atoms with van der Waals surface area (Å²) in [6.45, 7) is 0. The molecule has 9 heteroatoms. The van der Waals surface area contributed by atoms with E-state index in [4.69, 9.17) is 4.18 Å². The summed E-state index contributed by atoms with van der Waals surface area (Å²) in [7, 11) is -3.94. The fourth-order valence-corrected chi connectivity index (χ4v) is 3.47. The molecule has 29 heavy (non-hydrogen) atoms. The summed E-state index contributed by atoms with van der Waals surface area (Å²) in [4.78, 5) is 12.0. The molecule has 1 amide bonds. The lowest BCUT2D eigenvalue weighted by molar-refractivity contribution is 0.0952. The molecular weight excluding hydrogens is 460 g/mol. The Bertz CT molecular complexity index is 1140. The van der Waals surface area contributed by atoms with E-state index in [-0.39, 0.29) is 22.0 Å². The SMILES string of the molecule is O=C(NN=Cc1ccc(OS(=O)(=O)c2ccc(Br)cc2)cc1)c1ccccc1O. The summed E-state index contributed by atoms with van der Waals surface area (Å²) in [5.74, 6) is -0.558. The summed E-state index contributed by atoms with van der Waals surface area (Å²) >= 11 is 3.25. The van der Waals surface area contributed by atoms with E-state index in [1.54, 1.807) is 36.4 Å². The second-order valence-corrected chi connectivity index (χ2v) is 8.24. The van der Waals surface area contributed by atoms with Crippen LogP contribution in [-0.4, -0.2) is 25.6 Å². The number of nitrogens with zero attached hydrogens (tertiary/aromatic N) is 1. The average molecular weight is 475 g/mol. The number of carbonyl (C=O) groups is 1. The van der Waals surface area contributed by atoms with Gasteiger partial charge in [-0.05, 0) is 66.2 Å². The van der Waals surface area contributed by atoms with Crippen LogP contribution in [0.1, 0.15) is 15.9 Å². The Morgan fingerprint density at radius 3 is 2.31 bits per heavy atom. The molecule has 3 aromatic rings. The molecule has 0 radical (unpaired) electrons. The first-order chi connectivity index (χ1) is 13.8. The van der Waals surface area contributed by atoms with Gasteiger partial charge in [-0.15, -0.1) is 0 Å². The van der Waals surface area contributed by atoms with Crippen molar-refractivity contribution in [1.82, 2.24) is 5.43 Å². The third-order valence-corrected chi connectivity index (χ3v) is 5.51. The van der Waals surface area contributed by atoms with Crippen LogP contribution in [0.5, 0.6) is 11.5 Å². The molecule has 0 fully saturated rings. The monoisotopic (exact) mass is 474 g/mol. The molecule has 0 aliphatic carbocycles. The molecule has 2 N–H and O–H groups in total. The lowest BCUT2D eigenvalue weighted by Crippen LogP contribution is -2.17. The molecule has 0 unspecified atom stereocenters. The number of hydrazone groups is 1. The Morgan fingerprint density at radius 1 is 1.00 bits per heavy atom. The van der Waals surface area contributed by atoms with E-state index < -0.39 is 16.0 Å². The van der Waals surface area contributed by atoms with Gasteiger partial charge in [-0.3, -0.25) is 4.79 Å². The number of carbonyl (C=O) groups excluding carboxylic acids is 1. The number of phenolic OH excluding ortho intramolecular Hbond substituents is 1. The number of halogens is 1. The van der Waals surface area contributed by atoms with Crippen LogP contribution >= 0.6 is 15.9 Å². The van der Waals surface area contributed by atoms with Gasteiger partial charge in [0.05, 0.1) is 11.8 Å². The Balaban J connectivity index is 1.63. The molecule has 0 saturated carbocycles. The smallest absolute Gasteiger partial charge is 0.339 e. The second-order valence-electron chi connectivity index (χ2n) is 5.78. The lowest BCUT2D eigenvalue weighted by Gasteiger charge is -2.07. The minimum absolute atomic E-state index is 0.0400. The van der Waals surface area contributed by atoms with E-state index in [1.165, 1.54) is 42.6 Å². The normalized spacial score (nSPS) is 11.3. The number of benzene rings is 3. The van der Waals surface area contributed by atoms with Crippen molar-refractivity contribution < 1.29 is 22.5 Å². The summed E-state index contributed by atoms with van der Waals surface area (Å²) < 4.78 is 30.4. The van der Waals surface area contributed by atoms with Crippen molar-refractivity contribution in [2.24, 2.45) is 5.10 Å². The van der Waals surface area contributed by atoms with Crippen molar-refractivity contribution >= 4 is 38.2 Å². The zero-order chi connectivity index (χ0) is 20.9. The molecule has 7 nitrogen and oxygen atoms in total. The maximum absolute atomic E-state index is 12.3. The molecule has 0 atom stereocenters. The van der Waals surface area contributed by atoms with Crippen molar-refractivity contribution in [2.45, 2.75) is 4.90 Å². The Morgan fingerprint density at radius 2 is 1.66 bits per heavy atom. The van der Waals surface area contributed by atoms with Crippen molar-refractivity contribution in [2.75, 3.05) is 0 Å². The number of amides is 1. The van der Waals surface area contributed by atoms with Gasteiger partial charge < -0.3 is 9.29 Å². The maximum Gasteiger partial charge on any atom is 0.339 e. The Labute approximate surface area is 175 Å². The van der Waals surface area contributed by atoms with Crippen molar-refractivity contribution in [3.05, 3.63) is 88.4 Å². The Kier molecular flexibility index (Phi) is 6.30. The van der Waals surface area contributed by atoms with Gasteiger partial charge in [0.25, 0.3) is 5.91 Å². The quantitative estimate of drug-likeness (QED) is 0.322. The third-order valence-electron chi connectivity index (χ3n) is 3.72. The standard InChI is InChI=1S/C20H15BrN2O5S/c21-15-7-11-17(12-8-15)29(26,27)28-16-9-5-14(6-10-16)13-22-23-20(25)18-3-1-2-4-19(18)24/h1-13,24H,(H,23,25). The lowest BCUT2D eigenvalue weighted by atomic mass is 10.2. The van der Waals surface area contributed by atoms with Crippen LogP contribution in [0.4, 0.5) is 0 Å². The number of nitrogens with one attached hydrogen (secondary N) is 1. The predicted molar refractivity (Wildman–Crippen MR) is 112 cm³/mol. The van der Waals surface area contributed by atoms with Crippen LogP contribution in [0.3, 0.4) is 0 Å². The van der Waals surface area contributed by atoms with E-state index in [0.717, 1.165) is 4.47 Å². The number of hydrogen-bond acceptors (Lipinski definition) is 6. The predicted octanol–water partition coefficient (Wildman–Crippen LogP) is 3.69. The van der Waals surface area contributed by atoms with Crippen LogP contribution in [0, 0.1) is 0 Å². The number of phenols is 1. The molecule has 148 valence electrons. The fraction of sp³-hybridized carbons (Fsp3) is 0. The second kappa shape index (κ2) is 8.89. The first-order valence-electron chi connectivity index (χ1n) is 8.27. The molecule has 0 aromatic heterocycles. The van der Waals surface area contributed by atoms with Crippen molar-refractivity contribution in [1.29, 1.82) is 0 Å². The summed E-state index contributed by atoms with van der Waals surface area (Å²) in [5.41, 5.74) is 3.02. The maximum atomic E-state index is 12.3. The molecule has 0 bridgehead atoms. The van der Waals surface area contributed by atoms with E-state index >= 15 is 0 Å². The number of hydrogen-bond donors (Lipinski definition) is 2. The highest BCUT2D eigenvalue weighted by atomic mass is 79.9. The van der Waals surface area contributed by atoms with Crippen LogP contribution < -0.4 is 9.61 Å². The van der Waals surface area contributed by atoms with E-state index in [2.05, 4.69) is 26.5 Å². The minimum Gasteiger partial charge on any atom is -0.507 e. The molecular formula is C20H15BrN2O5S. The highest BCUT2D eigenvalue weighted by Gasteiger charge is 2.16. The highest BCUT2D eigenvalue weighted by molar-refractivity contribution is 9.10. The summed E-state index contributed by atoms with van der Waals surface area (Å²) in [6.07, 6.45) is 1.38. The zero-order valence-corrected chi connectivity index (χ0v) is 17.2. The third kappa shape index (κ3) is 5.43. The van der Waals surface area contributed by atoms with E-state index in [0.29, 0.717) is 5.56 Å². The van der Waals surface area contributed by atoms with Crippen LogP contribution in [0.2, 0.25) is 0 Å². The van der Waals surface area contributed by atoms with E-state index in [9.17, 15) is 18.3 Å². The molecule has 0 aliphatic heterocycles. The molecule has 0 heterocycles. The van der Waals surface area contributed by atoms with Crippen LogP contribution in [0.15, 0.2) is 87.3 Å². The van der Waals surface area contributed by atoms with Crippen LogP contribution in [0.25, 0.3) is 0 Å². The van der Waals surface area contributed by atoms with Gasteiger partial charge in [0.1, 0.15) is 16.4 Å². The number of aromatic hydroxyl groups is 1. The van der Waals surface area contributed by atoms with Gasteiger partial charge in [-0.25, -0.2) is 5.43 Å². The molecule has 3 rings (SSSR count). The zero-order valence-electron chi connectivity index (χ0n) is 14.8. The van der Waals surface area contributed by atoms with Crippen molar-refractivity contribution in [3.63, 3.8) is 0 Å². The Hall–Kier alpha value is -3.17. The fourth-order valence-electron chi connectivity index (χ4n) is 2.28. The molecule has 0 aliphatic rings. The van der Waals surface area contributed by atoms with Gasteiger partial charge in [0, 0.05) is 4.47 Å². The first kappa shape index (κ1) is 20.6. The molecule has 0 saturated heterocycles. The highest BCUT2D eigenvalue weighted by Crippen LogP contribution is 2.20. The topological polar surface area (TPSA) is 105 Å². The van der Waals surface area contributed by atoms with Gasteiger partial charge in [-0.1, -0.05) is 28.1 Å². The van der Waals surface area contributed by atoms with Gasteiger partial charge >= 0.3 is 10.1 Å². The minimum atomic E-state index is -3.94. The number of para-hydroxylation sites is 1. The average Bonchev–Trinajstić information content (AvgIpc) is 2.69.